The summed E-state index contributed by atoms with van der Waals surface area (Å²) in [5.74, 6) is 0. The minimum absolute atomic E-state index is 0.197. The maximum atomic E-state index is 11.8. The van der Waals surface area contributed by atoms with Gasteiger partial charge in [0.05, 0.1) is 24.2 Å². The van der Waals surface area contributed by atoms with E-state index in [0.717, 1.165) is 4.31 Å². The van der Waals surface area contributed by atoms with Gasteiger partial charge in [-0.2, -0.15) is 0 Å². The second-order valence-electron chi connectivity index (χ2n) is 4.02. The first kappa shape index (κ1) is 14.9. The number of benzene rings is 1. The number of rotatable bonds is 6. The molecule has 6 nitrogen and oxygen atoms in total. The molecule has 0 spiro atoms. The normalized spacial score (nSPS) is 12.1. The van der Waals surface area contributed by atoms with Crippen LogP contribution in [0, 0.1) is 0 Å². The Morgan fingerprint density at radius 2 is 1.67 bits per heavy atom. The van der Waals surface area contributed by atoms with E-state index in [4.69, 9.17) is 10.2 Å². The van der Waals surface area contributed by atoms with E-state index < -0.39 is 16.1 Å². The zero-order chi connectivity index (χ0) is 13.8. The maximum Gasteiger partial charge on any atom is 0.242 e. The van der Waals surface area contributed by atoms with Crippen LogP contribution < -0.4 is 5.32 Å². The summed E-state index contributed by atoms with van der Waals surface area (Å²) >= 11 is 0. The fraction of sp³-hybridized carbons (Fsp3) is 0.455. The molecule has 7 heteroatoms. The van der Waals surface area contributed by atoms with E-state index >= 15 is 0 Å². The van der Waals surface area contributed by atoms with Gasteiger partial charge >= 0.3 is 0 Å². The van der Waals surface area contributed by atoms with Crippen LogP contribution >= 0.6 is 0 Å². The molecule has 0 aliphatic carbocycles. The minimum Gasteiger partial charge on any atom is -0.394 e. The second kappa shape index (κ2) is 6.14. The molecule has 1 aromatic carbocycles. The summed E-state index contributed by atoms with van der Waals surface area (Å²) < 4.78 is 24.7. The summed E-state index contributed by atoms with van der Waals surface area (Å²) in [5, 5.41) is 20.7. The number of nitrogens with one attached hydrogen (secondary N) is 1. The predicted octanol–water partition coefficient (Wildman–Crippen LogP) is -0.298. The topological polar surface area (TPSA) is 89.9 Å². The molecule has 0 saturated carbocycles. The average Bonchev–Trinajstić information content (AvgIpc) is 2.36. The van der Waals surface area contributed by atoms with Crippen LogP contribution in [0.25, 0.3) is 0 Å². The molecular weight excluding hydrogens is 256 g/mol. The van der Waals surface area contributed by atoms with E-state index in [2.05, 4.69) is 5.32 Å². The Hall–Kier alpha value is -1.15. The first-order valence-corrected chi connectivity index (χ1v) is 6.86. The van der Waals surface area contributed by atoms with Gasteiger partial charge in [-0.25, -0.2) is 12.7 Å². The number of aliphatic hydroxyl groups excluding tert-OH is 2. The van der Waals surface area contributed by atoms with Gasteiger partial charge in [-0.3, -0.25) is 0 Å². The zero-order valence-electron chi connectivity index (χ0n) is 10.4. The van der Waals surface area contributed by atoms with Gasteiger partial charge in [-0.15, -0.1) is 0 Å². The molecule has 0 bridgehead atoms. The van der Waals surface area contributed by atoms with Gasteiger partial charge in [0.25, 0.3) is 0 Å². The predicted molar refractivity (Wildman–Crippen MR) is 68.9 cm³/mol. The average molecular weight is 274 g/mol. The Morgan fingerprint density at radius 1 is 1.17 bits per heavy atom. The molecular formula is C11H18N2O4S. The molecule has 0 unspecified atom stereocenters. The number of sulfonamides is 1. The van der Waals surface area contributed by atoms with E-state index in [1.54, 1.807) is 12.1 Å². The highest BCUT2D eigenvalue weighted by Crippen LogP contribution is 2.17. The van der Waals surface area contributed by atoms with Crippen molar-refractivity contribution >= 4 is 15.7 Å². The maximum absolute atomic E-state index is 11.8. The van der Waals surface area contributed by atoms with Crippen molar-refractivity contribution in [2.75, 3.05) is 32.6 Å². The Kier molecular flexibility index (Phi) is 5.09. The minimum atomic E-state index is -3.43. The summed E-state index contributed by atoms with van der Waals surface area (Å²) in [6.45, 7) is -0.400. The molecule has 0 aromatic heterocycles. The van der Waals surface area contributed by atoms with Gasteiger partial charge in [0, 0.05) is 19.8 Å². The Labute approximate surface area is 107 Å². The number of anilines is 1. The molecule has 0 aliphatic heterocycles. The molecule has 0 heterocycles. The van der Waals surface area contributed by atoms with Crippen molar-refractivity contribution < 1.29 is 18.6 Å². The van der Waals surface area contributed by atoms with Gasteiger partial charge in [-0.1, -0.05) is 0 Å². The lowest BCUT2D eigenvalue weighted by atomic mass is 10.2. The molecule has 0 amide bonds. The third-order valence-corrected chi connectivity index (χ3v) is 4.27. The van der Waals surface area contributed by atoms with E-state index in [1.165, 1.54) is 26.2 Å². The van der Waals surface area contributed by atoms with E-state index in [1.807, 2.05) is 0 Å². The first-order valence-electron chi connectivity index (χ1n) is 5.42. The Balaban J connectivity index is 2.87. The summed E-state index contributed by atoms with van der Waals surface area (Å²) in [6.07, 6.45) is 0. The smallest absolute Gasteiger partial charge is 0.242 e. The van der Waals surface area contributed by atoms with Gasteiger partial charge in [0.1, 0.15) is 0 Å². The molecule has 0 radical (unpaired) electrons. The lowest BCUT2D eigenvalue weighted by Crippen LogP contribution is -2.27. The highest BCUT2D eigenvalue weighted by Gasteiger charge is 2.16. The van der Waals surface area contributed by atoms with Gasteiger partial charge in [0.15, 0.2) is 0 Å². The summed E-state index contributed by atoms with van der Waals surface area (Å²) in [7, 11) is -0.492. The van der Waals surface area contributed by atoms with Crippen LogP contribution in [0.1, 0.15) is 0 Å². The second-order valence-corrected chi connectivity index (χ2v) is 6.17. The zero-order valence-corrected chi connectivity index (χ0v) is 11.2. The third-order valence-electron chi connectivity index (χ3n) is 2.44. The summed E-state index contributed by atoms with van der Waals surface area (Å²) in [4.78, 5) is 0.197. The van der Waals surface area contributed by atoms with Crippen molar-refractivity contribution in [3.05, 3.63) is 24.3 Å². The van der Waals surface area contributed by atoms with E-state index in [0.29, 0.717) is 5.69 Å². The van der Waals surface area contributed by atoms with Gasteiger partial charge in [0.2, 0.25) is 10.0 Å². The number of aliphatic hydroxyl groups is 2. The van der Waals surface area contributed by atoms with Crippen molar-refractivity contribution in [2.24, 2.45) is 0 Å². The van der Waals surface area contributed by atoms with Crippen LogP contribution in [-0.4, -0.2) is 56.3 Å². The van der Waals surface area contributed by atoms with E-state index in [9.17, 15) is 8.42 Å². The SMILES string of the molecule is CN(C)S(=O)(=O)c1ccc(NC(CO)CO)cc1. The first-order chi connectivity index (χ1) is 8.41. The number of nitrogens with zero attached hydrogens (tertiary/aromatic N) is 1. The van der Waals surface area contributed by atoms with Crippen molar-refractivity contribution in [3.8, 4) is 0 Å². The van der Waals surface area contributed by atoms with Gasteiger partial charge in [-0.05, 0) is 24.3 Å². The highest BCUT2D eigenvalue weighted by atomic mass is 32.2. The van der Waals surface area contributed by atoms with Crippen LogP contribution in [0.4, 0.5) is 5.69 Å². The van der Waals surface area contributed by atoms with Gasteiger partial charge < -0.3 is 15.5 Å². The molecule has 3 N–H and O–H groups in total. The van der Waals surface area contributed by atoms with Crippen LogP contribution in [0.3, 0.4) is 0 Å². The molecule has 1 aromatic rings. The molecule has 0 fully saturated rings. The van der Waals surface area contributed by atoms with Crippen molar-refractivity contribution in [1.29, 1.82) is 0 Å². The molecule has 102 valence electrons. The van der Waals surface area contributed by atoms with Crippen molar-refractivity contribution in [2.45, 2.75) is 10.9 Å². The van der Waals surface area contributed by atoms with E-state index in [-0.39, 0.29) is 18.1 Å². The number of hydrogen-bond acceptors (Lipinski definition) is 5. The van der Waals surface area contributed by atoms with Crippen LogP contribution in [0.15, 0.2) is 29.2 Å². The van der Waals surface area contributed by atoms with Crippen molar-refractivity contribution in [3.63, 3.8) is 0 Å². The largest absolute Gasteiger partial charge is 0.394 e. The summed E-state index contributed by atoms with van der Waals surface area (Å²) in [6, 6.07) is 5.68. The Bertz CT molecular complexity index is 466. The monoisotopic (exact) mass is 274 g/mol. The molecule has 1 rings (SSSR count). The standard InChI is InChI=1S/C11H18N2O4S/c1-13(2)18(16,17)11-5-3-9(4-6-11)12-10(7-14)8-15/h3-6,10,12,14-15H,7-8H2,1-2H3. The molecule has 0 atom stereocenters. The summed E-state index contributed by atoms with van der Waals surface area (Å²) in [5.41, 5.74) is 0.640. The fourth-order valence-corrected chi connectivity index (χ4v) is 2.22. The number of hydrogen-bond donors (Lipinski definition) is 3. The quantitative estimate of drug-likeness (QED) is 0.663. The molecule has 0 aliphatic rings. The third kappa shape index (κ3) is 3.42. The fourth-order valence-electron chi connectivity index (χ4n) is 1.32. The van der Waals surface area contributed by atoms with Crippen LogP contribution in [-0.2, 0) is 10.0 Å². The molecule has 0 saturated heterocycles. The van der Waals surface area contributed by atoms with Crippen LogP contribution in [0.5, 0.6) is 0 Å². The highest BCUT2D eigenvalue weighted by molar-refractivity contribution is 7.89. The Morgan fingerprint density at radius 3 is 2.06 bits per heavy atom. The lowest BCUT2D eigenvalue weighted by Gasteiger charge is -2.16. The molecule has 18 heavy (non-hydrogen) atoms. The van der Waals surface area contributed by atoms with Crippen LogP contribution in [0.2, 0.25) is 0 Å². The van der Waals surface area contributed by atoms with Crippen molar-refractivity contribution in [1.82, 2.24) is 4.31 Å². The lowest BCUT2D eigenvalue weighted by molar-refractivity contribution is 0.204.